The molecule has 0 spiro atoms. The average Bonchev–Trinajstić information content (AvgIpc) is 3.67. The Hall–Kier alpha value is -3.43. The number of rotatable bonds is 10. The van der Waals surface area contributed by atoms with Crippen LogP contribution < -0.4 is 0 Å². The van der Waals surface area contributed by atoms with E-state index in [9.17, 15) is 9.59 Å². The summed E-state index contributed by atoms with van der Waals surface area (Å²) in [5, 5.41) is 3.36. The van der Waals surface area contributed by atoms with Gasteiger partial charge < -0.3 is 19.0 Å². The molecule has 0 unspecified atom stereocenters. The minimum Gasteiger partial charge on any atom is -0.466 e. The molecule has 4 aromatic rings. The number of oxazole rings is 1. The van der Waals surface area contributed by atoms with Crippen LogP contribution in [0.4, 0.5) is 0 Å². The van der Waals surface area contributed by atoms with E-state index in [4.69, 9.17) is 9.15 Å². The molecule has 0 radical (unpaired) electrons. The summed E-state index contributed by atoms with van der Waals surface area (Å²) in [5.74, 6) is -0.206. The third kappa shape index (κ3) is 6.00. The van der Waals surface area contributed by atoms with E-state index in [1.54, 1.807) is 23.2 Å². The molecule has 1 atom stereocenters. The predicted molar refractivity (Wildman–Crippen MR) is 147 cm³/mol. The molecule has 1 aliphatic rings. The van der Waals surface area contributed by atoms with Crippen molar-refractivity contribution in [3.8, 4) is 0 Å². The molecule has 1 amide bonds. The van der Waals surface area contributed by atoms with Gasteiger partial charge in [-0.25, -0.2) is 4.98 Å². The van der Waals surface area contributed by atoms with E-state index in [0.29, 0.717) is 32.1 Å². The Morgan fingerprint density at radius 3 is 2.95 bits per heavy atom. The van der Waals surface area contributed by atoms with Gasteiger partial charge >= 0.3 is 5.97 Å². The summed E-state index contributed by atoms with van der Waals surface area (Å²) in [7, 11) is 0. The monoisotopic (exact) mass is 534 g/mol. The molecule has 1 N–H and O–H groups in total. The van der Waals surface area contributed by atoms with Crippen molar-refractivity contribution in [2.75, 3.05) is 26.2 Å². The number of nitrogens with zero attached hydrogens (tertiary/aromatic N) is 3. The number of likely N-dealkylation sites (tertiary alicyclic amines) is 1. The first kappa shape index (κ1) is 26.2. The number of aromatic nitrogens is 2. The molecule has 4 heterocycles. The molecule has 38 heavy (non-hydrogen) atoms. The lowest BCUT2D eigenvalue weighted by atomic mass is 9.98. The second-order valence-corrected chi connectivity index (χ2v) is 10.8. The van der Waals surface area contributed by atoms with Crippen molar-refractivity contribution in [2.45, 2.75) is 46.2 Å². The van der Waals surface area contributed by atoms with Crippen LogP contribution in [-0.4, -0.2) is 57.9 Å². The van der Waals surface area contributed by atoms with Crippen molar-refractivity contribution in [3.05, 3.63) is 75.8 Å². The third-order valence-electron chi connectivity index (χ3n) is 7.17. The van der Waals surface area contributed by atoms with Crippen molar-refractivity contribution >= 4 is 34.1 Å². The van der Waals surface area contributed by atoms with Gasteiger partial charge in [-0.2, -0.15) is 0 Å². The van der Waals surface area contributed by atoms with Crippen LogP contribution in [0.5, 0.6) is 0 Å². The molecule has 9 heteroatoms. The van der Waals surface area contributed by atoms with Gasteiger partial charge in [0.2, 0.25) is 5.89 Å². The number of carbonyl (C=O) groups excluding carboxylic acids is 2. The maximum atomic E-state index is 13.2. The van der Waals surface area contributed by atoms with Crippen molar-refractivity contribution in [1.29, 1.82) is 0 Å². The zero-order valence-electron chi connectivity index (χ0n) is 21.9. The Bertz CT molecular complexity index is 1390. The molecule has 0 saturated carbocycles. The summed E-state index contributed by atoms with van der Waals surface area (Å²) in [5.41, 5.74) is 3.98. The summed E-state index contributed by atoms with van der Waals surface area (Å²) in [6, 6.07) is 10.5. The standard InChI is InChI=1S/C29H34N4O4S/c1-3-36-29(35)22-7-6-12-33(16-22)28(34)25-19-37-27(31-25)18-32(17-26-20(2)11-14-38-26)13-10-21-15-30-24-9-5-4-8-23(21)24/h4-5,8-9,11,14-15,19,22,30H,3,6-7,10,12-13,16-18H2,1-2H3/t22-/m0/s1. The Morgan fingerprint density at radius 1 is 1.26 bits per heavy atom. The second-order valence-electron chi connectivity index (χ2n) is 9.82. The number of thiophene rings is 1. The molecule has 1 aliphatic heterocycles. The zero-order valence-corrected chi connectivity index (χ0v) is 22.8. The quantitative estimate of drug-likeness (QED) is 0.282. The van der Waals surface area contributed by atoms with Gasteiger partial charge in [-0.1, -0.05) is 18.2 Å². The normalized spacial score (nSPS) is 15.9. The first-order valence-electron chi connectivity index (χ1n) is 13.2. The fourth-order valence-corrected chi connectivity index (χ4v) is 6.00. The molecule has 1 fully saturated rings. The lowest BCUT2D eigenvalue weighted by Crippen LogP contribution is -2.43. The van der Waals surface area contributed by atoms with Crippen LogP contribution in [0.15, 0.2) is 52.6 Å². The van der Waals surface area contributed by atoms with Crippen molar-refractivity contribution in [2.24, 2.45) is 5.92 Å². The van der Waals surface area contributed by atoms with Gasteiger partial charge in [-0.3, -0.25) is 14.5 Å². The molecule has 1 saturated heterocycles. The van der Waals surface area contributed by atoms with Gasteiger partial charge in [0.1, 0.15) is 6.26 Å². The molecule has 5 rings (SSSR count). The largest absolute Gasteiger partial charge is 0.466 e. The number of benzene rings is 1. The average molecular weight is 535 g/mol. The predicted octanol–water partition coefficient (Wildman–Crippen LogP) is 5.19. The number of piperidine rings is 1. The van der Waals surface area contributed by atoms with Gasteiger partial charge in [0, 0.05) is 48.2 Å². The number of para-hydroxylation sites is 1. The highest BCUT2D eigenvalue weighted by molar-refractivity contribution is 7.10. The topological polar surface area (TPSA) is 91.7 Å². The van der Waals surface area contributed by atoms with Crippen LogP contribution in [0.25, 0.3) is 10.9 Å². The van der Waals surface area contributed by atoms with Gasteiger partial charge in [0.15, 0.2) is 5.69 Å². The molecule has 200 valence electrons. The number of carbonyl (C=O) groups is 2. The van der Waals surface area contributed by atoms with E-state index >= 15 is 0 Å². The summed E-state index contributed by atoms with van der Waals surface area (Å²) in [4.78, 5) is 38.6. The van der Waals surface area contributed by atoms with Crippen molar-refractivity contribution in [3.63, 3.8) is 0 Å². The number of hydrogen-bond donors (Lipinski definition) is 1. The van der Waals surface area contributed by atoms with Crippen LogP contribution >= 0.6 is 11.3 Å². The minimum atomic E-state index is -0.284. The third-order valence-corrected chi connectivity index (χ3v) is 8.17. The highest BCUT2D eigenvalue weighted by Crippen LogP contribution is 2.23. The van der Waals surface area contributed by atoms with E-state index < -0.39 is 0 Å². The maximum Gasteiger partial charge on any atom is 0.310 e. The fourth-order valence-electron chi connectivity index (χ4n) is 5.05. The van der Waals surface area contributed by atoms with E-state index in [1.165, 1.54) is 27.7 Å². The maximum absolute atomic E-state index is 13.2. The van der Waals surface area contributed by atoms with Crippen LogP contribution in [-0.2, 0) is 29.0 Å². The number of hydrogen-bond acceptors (Lipinski definition) is 7. The molecular weight excluding hydrogens is 500 g/mol. The second kappa shape index (κ2) is 12.0. The van der Waals surface area contributed by atoms with Gasteiger partial charge in [-0.15, -0.1) is 11.3 Å². The number of H-pyrrole nitrogens is 1. The summed E-state index contributed by atoms with van der Waals surface area (Å²) in [6.07, 6.45) is 5.91. The first-order valence-corrected chi connectivity index (χ1v) is 14.1. The number of aromatic amines is 1. The summed E-state index contributed by atoms with van der Waals surface area (Å²) < 4.78 is 11.0. The molecule has 0 aliphatic carbocycles. The Morgan fingerprint density at radius 2 is 2.13 bits per heavy atom. The number of fused-ring (bicyclic) bond motifs is 1. The van der Waals surface area contributed by atoms with Gasteiger partial charge in [-0.05, 0) is 61.7 Å². The first-order chi connectivity index (χ1) is 18.5. The number of esters is 1. The smallest absolute Gasteiger partial charge is 0.310 e. The number of nitrogens with one attached hydrogen (secondary N) is 1. The zero-order chi connectivity index (χ0) is 26.5. The SMILES string of the molecule is CCOC(=O)[C@H]1CCCN(C(=O)c2coc(CN(CCc3c[nH]c4ccccc34)Cc3sccc3C)n2)C1. The minimum absolute atomic E-state index is 0.201. The van der Waals surface area contributed by atoms with Crippen LogP contribution in [0.2, 0.25) is 0 Å². The van der Waals surface area contributed by atoms with Gasteiger partial charge in [0.05, 0.1) is 19.1 Å². The van der Waals surface area contributed by atoms with Crippen LogP contribution in [0, 0.1) is 12.8 Å². The van der Waals surface area contributed by atoms with Gasteiger partial charge in [0.25, 0.3) is 5.91 Å². The van der Waals surface area contributed by atoms with Crippen molar-refractivity contribution in [1.82, 2.24) is 19.8 Å². The molecular formula is C29H34N4O4S. The fraction of sp³-hybridized carbons (Fsp3) is 0.414. The van der Waals surface area contributed by atoms with E-state index in [1.807, 2.05) is 6.07 Å². The van der Waals surface area contributed by atoms with Crippen LogP contribution in [0.3, 0.4) is 0 Å². The van der Waals surface area contributed by atoms with Crippen LogP contribution in [0.1, 0.15) is 52.1 Å². The Balaban J connectivity index is 1.27. The van der Waals surface area contributed by atoms with E-state index in [0.717, 1.165) is 37.9 Å². The molecule has 0 bridgehead atoms. The Labute approximate surface area is 226 Å². The molecule has 1 aromatic carbocycles. The molecule has 8 nitrogen and oxygen atoms in total. The highest BCUT2D eigenvalue weighted by atomic mass is 32.1. The Kier molecular flexibility index (Phi) is 8.24. The van der Waals surface area contributed by atoms with Crippen molar-refractivity contribution < 1.29 is 18.7 Å². The summed E-state index contributed by atoms with van der Waals surface area (Å²) in [6.45, 7) is 7.33. The van der Waals surface area contributed by atoms with E-state index in [-0.39, 0.29) is 23.5 Å². The number of amides is 1. The summed E-state index contributed by atoms with van der Waals surface area (Å²) >= 11 is 1.75. The lowest BCUT2D eigenvalue weighted by molar-refractivity contribution is -0.149. The highest BCUT2D eigenvalue weighted by Gasteiger charge is 2.31. The number of ether oxygens (including phenoxy) is 1. The number of aryl methyl sites for hydroxylation is 1. The molecule has 3 aromatic heterocycles. The van der Waals surface area contributed by atoms with E-state index in [2.05, 4.69) is 57.6 Å². The lowest BCUT2D eigenvalue weighted by Gasteiger charge is -2.30.